The molecule has 0 aliphatic carbocycles. The van der Waals surface area contributed by atoms with Gasteiger partial charge in [-0.25, -0.2) is 4.79 Å². The molecular weight excluding hydrogens is 410 g/mol. The highest BCUT2D eigenvalue weighted by Gasteiger charge is 2.25. The molecule has 0 unspecified atom stereocenters. The van der Waals surface area contributed by atoms with Crippen molar-refractivity contribution in [2.24, 2.45) is 0 Å². The molecule has 0 aromatic carbocycles. The van der Waals surface area contributed by atoms with E-state index < -0.39 is 11.9 Å². The minimum Gasteiger partial charge on any atom is -0.465 e. The lowest BCUT2D eigenvalue weighted by Crippen LogP contribution is -2.43. The van der Waals surface area contributed by atoms with E-state index in [0.717, 1.165) is 5.75 Å². The summed E-state index contributed by atoms with van der Waals surface area (Å²) in [5.74, 6) is -0.763. The number of thioether (sulfide) groups is 1. The van der Waals surface area contributed by atoms with Crippen LogP contribution in [0.4, 0.5) is 0 Å². The van der Waals surface area contributed by atoms with Gasteiger partial charge >= 0.3 is 11.9 Å². The summed E-state index contributed by atoms with van der Waals surface area (Å²) >= 11 is 6.60. The summed E-state index contributed by atoms with van der Waals surface area (Å²) in [4.78, 5) is 49.2. The van der Waals surface area contributed by atoms with Gasteiger partial charge < -0.3 is 19.5 Å². The molecule has 0 saturated carbocycles. The quantitative estimate of drug-likeness (QED) is 0.303. The maximum Gasteiger partial charge on any atom is 0.332 e. The number of esters is 2. The van der Waals surface area contributed by atoms with E-state index in [0.29, 0.717) is 17.4 Å². The molecule has 1 aliphatic rings. The molecule has 0 aromatic heterocycles. The van der Waals surface area contributed by atoms with Crippen molar-refractivity contribution in [2.75, 3.05) is 65.4 Å². The van der Waals surface area contributed by atoms with Crippen LogP contribution in [0.5, 0.6) is 0 Å². The molecule has 0 radical (unpaired) electrons. The van der Waals surface area contributed by atoms with Crippen molar-refractivity contribution in [3.05, 3.63) is 0 Å². The molecule has 12 heteroatoms. The Kier molecular flexibility index (Phi) is 11.6. The van der Waals surface area contributed by atoms with Gasteiger partial charge in [-0.05, 0) is 0 Å². The van der Waals surface area contributed by atoms with Crippen LogP contribution >= 0.6 is 24.0 Å². The molecule has 1 rings (SSSR count). The molecule has 158 valence electrons. The van der Waals surface area contributed by atoms with Crippen molar-refractivity contribution >= 4 is 52.1 Å². The van der Waals surface area contributed by atoms with E-state index >= 15 is 0 Å². The van der Waals surface area contributed by atoms with Crippen molar-refractivity contribution in [1.82, 2.24) is 15.1 Å². The third kappa shape index (κ3) is 9.97. The number of nitrogens with zero attached hydrogens (tertiary/aromatic N) is 2. The van der Waals surface area contributed by atoms with Gasteiger partial charge in [-0.2, -0.15) is 0 Å². The first-order chi connectivity index (χ1) is 13.3. The van der Waals surface area contributed by atoms with Gasteiger partial charge in [0.25, 0.3) is 0 Å². The maximum atomic E-state index is 12.4. The fourth-order valence-corrected chi connectivity index (χ4v) is 3.35. The summed E-state index contributed by atoms with van der Waals surface area (Å²) in [5.41, 5.74) is 0. The lowest BCUT2D eigenvalue weighted by atomic mass is 10.4. The minimum atomic E-state index is -0.618. The van der Waals surface area contributed by atoms with Gasteiger partial charge in [-0.15, -0.1) is 0 Å². The van der Waals surface area contributed by atoms with Gasteiger partial charge in [-0.1, -0.05) is 24.0 Å². The van der Waals surface area contributed by atoms with Crippen LogP contribution < -0.4 is 5.32 Å². The van der Waals surface area contributed by atoms with Crippen LogP contribution in [0.25, 0.3) is 0 Å². The van der Waals surface area contributed by atoms with E-state index in [4.69, 9.17) is 26.4 Å². The Balaban J connectivity index is 2.40. The van der Waals surface area contributed by atoms with E-state index in [-0.39, 0.29) is 51.3 Å². The molecular formula is C16H25N3O7S2. The first kappa shape index (κ1) is 24.3. The minimum absolute atomic E-state index is 0.0225. The smallest absolute Gasteiger partial charge is 0.332 e. The van der Waals surface area contributed by atoms with Crippen LogP contribution in [0.2, 0.25) is 0 Å². The zero-order chi connectivity index (χ0) is 20.9. The monoisotopic (exact) mass is 435 g/mol. The maximum absolute atomic E-state index is 12.4. The van der Waals surface area contributed by atoms with E-state index in [1.54, 1.807) is 4.90 Å². The number of hydrogen-bond donors (Lipinski definition) is 1. The average molecular weight is 436 g/mol. The molecule has 1 N–H and O–H groups in total. The highest BCUT2D eigenvalue weighted by atomic mass is 32.2. The number of likely N-dealkylation sites (N-methyl/N-ethyl adjacent to an activating group) is 1. The van der Waals surface area contributed by atoms with Crippen LogP contribution in [0.1, 0.15) is 6.92 Å². The topological polar surface area (TPSA) is 114 Å². The highest BCUT2D eigenvalue weighted by molar-refractivity contribution is 8.23. The molecule has 0 bridgehead atoms. The molecule has 0 atom stereocenters. The fraction of sp³-hybridized carbons (Fsp3) is 0.688. The zero-order valence-corrected chi connectivity index (χ0v) is 17.6. The summed E-state index contributed by atoms with van der Waals surface area (Å²) in [7, 11) is 1.46. The average Bonchev–Trinajstić information content (AvgIpc) is 3.07. The second-order valence-electron chi connectivity index (χ2n) is 5.66. The number of nitrogens with one attached hydrogen (secondary N) is 1. The molecule has 0 spiro atoms. The Bertz CT molecular complexity index is 589. The second kappa shape index (κ2) is 13.4. The fourth-order valence-electron chi connectivity index (χ4n) is 2.11. The van der Waals surface area contributed by atoms with E-state index in [1.807, 2.05) is 0 Å². The third-order valence-corrected chi connectivity index (χ3v) is 4.96. The number of rotatable bonds is 12. The number of carbonyl (C=O) groups is 4. The Morgan fingerprint density at radius 3 is 2.43 bits per heavy atom. The van der Waals surface area contributed by atoms with Gasteiger partial charge in [0.05, 0.1) is 6.54 Å². The molecule has 0 aromatic rings. The molecule has 10 nitrogen and oxygen atoms in total. The Hall–Kier alpha value is -1.76. The number of hydrogen-bond acceptors (Lipinski definition) is 10. The van der Waals surface area contributed by atoms with Gasteiger partial charge in [0, 0.05) is 39.4 Å². The third-order valence-electron chi connectivity index (χ3n) is 3.54. The number of thiocarbonyl (C=S) groups is 1. The summed E-state index contributed by atoms with van der Waals surface area (Å²) in [6.07, 6.45) is 0. The molecule has 1 heterocycles. The Morgan fingerprint density at radius 2 is 1.86 bits per heavy atom. The highest BCUT2D eigenvalue weighted by Crippen LogP contribution is 2.18. The van der Waals surface area contributed by atoms with Crippen molar-refractivity contribution in [3.8, 4) is 0 Å². The van der Waals surface area contributed by atoms with E-state index in [1.165, 1.54) is 30.6 Å². The normalized spacial score (nSPS) is 13.5. The van der Waals surface area contributed by atoms with Crippen LogP contribution in [-0.4, -0.2) is 103 Å². The predicted octanol–water partition coefficient (Wildman–Crippen LogP) is -0.982. The molecule has 1 aliphatic heterocycles. The first-order valence-electron chi connectivity index (χ1n) is 8.60. The lowest BCUT2D eigenvalue weighted by Gasteiger charge is -2.24. The van der Waals surface area contributed by atoms with E-state index in [9.17, 15) is 19.2 Å². The Morgan fingerprint density at radius 1 is 1.18 bits per heavy atom. The summed E-state index contributed by atoms with van der Waals surface area (Å²) in [5, 5.41) is 2.36. The standard InChI is InChI=1S/C16H25N3O7S2/c1-12(20)25-6-3-18(9-14(22)19-5-8-28-16(19)27)4-7-26-15(23)11-24-10-13(21)17-2/h3-11H2,1-2H3,(H,17,21). The van der Waals surface area contributed by atoms with Gasteiger partial charge in [-0.3, -0.25) is 24.2 Å². The first-order valence-corrected chi connectivity index (χ1v) is 9.99. The SMILES string of the molecule is CNC(=O)COCC(=O)OCCN(CCOC(C)=O)CC(=O)N1CCSC1=S. The van der Waals surface area contributed by atoms with Gasteiger partial charge in [0.2, 0.25) is 11.8 Å². The van der Waals surface area contributed by atoms with Crippen molar-refractivity contribution in [1.29, 1.82) is 0 Å². The number of carbonyl (C=O) groups excluding carboxylic acids is 4. The number of amides is 2. The largest absolute Gasteiger partial charge is 0.465 e. The van der Waals surface area contributed by atoms with Crippen molar-refractivity contribution in [2.45, 2.75) is 6.92 Å². The van der Waals surface area contributed by atoms with Crippen LogP contribution in [0.15, 0.2) is 0 Å². The second-order valence-corrected chi connectivity index (χ2v) is 7.39. The van der Waals surface area contributed by atoms with E-state index in [2.05, 4.69) is 5.32 Å². The molecule has 1 saturated heterocycles. The summed E-state index contributed by atoms with van der Waals surface area (Å²) in [6, 6.07) is 0. The van der Waals surface area contributed by atoms with Gasteiger partial charge in [0.1, 0.15) is 30.7 Å². The van der Waals surface area contributed by atoms with Crippen LogP contribution in [0, 0.1) is 0 Å². The predicted molar refractivity (Wildman–Crippen MR) is 106 cm³/mol. The molecule has 2 amide bonds. The zero-order valence-electron chi connectivity index (χ0n) is 15.9. The molecule has 1 fully saturated rings. The Labute approximate surface area is 173 Å². The molecule has 28 heavy (non-hydrogen) atoms. The number of ether oxygens (including phenoxy) is 3. The lowest BCUT2D eigenvalue weighted by molar-refractivity contribution is -0.150. The summed E-state index contributed by atoms with van der Waals surface area (Å²) in [6.45, 7) is 2.06. The van der Waals surface area contributed by atoms with Crippen molar-refractivity contribution in [3.63, 3.8) is 0 Å². The van der Waals surface area contributed by atoms with Crippen LogP contribution in [0.3, 0.4) is 0 Å². The van der Waals surface area contributed by atoms with Crippen LogP contribution in [-0.2, 0) is 33.4 Å². The summed E-state index contributed by atoms with van der Waals surface area (Å²) < 4.78 is 15.4. The van der Waals surface area contributed by atoms with Gasteiger partial charge in [0.15, 0.2) is 0 Å². The van der Waals surface area contributed by atoms with Crippen molar-refractivity contribution < 1.29 is 33.4 Å².